The van der Waals surface area contributed by atoms with Gasteiger partial charge < -0.3 is 10.6 Å². The Labute approximate surface area is 129 Å². The van der Waals surface area contributed by atoms with Crippen LogP contribution in [0.4, 0.5) is 0 Å². The fourth-order valence-electron chi connectivity index (χ4n) is 3.71. The lowest BCUT2D eigenvalue weighted by molar-refractivity contribution is 0.0731. The number of nitrogens with zero attached hydrogens (tertiary/aromatic N) is 2. The summed E-state index contributed by atoms with van der Waals surface area (Å²) in [7, 11) is 0. The summed E-state index contributed by atoms with van der Waals surface area (Å²) in [4.78, 5) is 5.42. The van der Waals surface area contributed by atoms with Gasteiger partial charge in [-0.1, -0.05) is 13.3 Å². The lowest BCUT2D eigenvalue weighted by Crippen LogP contribution is -2.51. The highest BCUT2D eigenvalue weighted by molar-refractivity contribution is 7.99. The van der Waals surface area contributed by atoms with Crippen LogP contribution < -0.4 is 5.73 Å². The Morgan fingerprint density at radius 3 is 2.40 bits per heavy atom. The average molecular weight is 300 g/mol. The van der Waals surface area contributed by atoms with Crippen molar-refractivity contribution in [2.24, 2.45) is 5.73 Å². The normalized spacial score (nSPS) is 24.9. The van der Waals surface area contributed by atoms with E-state index in [1.54, 1.807) is 0 Å². The molecule has 2 heterocycles. The zero-order valence-corrected chi connectivity index (χ0v) is 14.0. The number of piperidine rings is 2. The molecule has 0 radical (unpaired) electrons. The van der Waals surface area contributed by atoms with Crippen molar-refractivity contribution in [3.05, 3.63) is 0 Å². The third-order valence-electron chi connectivity index (χ3n) is 4.99. The predicted molar refractivity (Wildman–Crippen MR) is 90.5 cm³/mol. The van der Waals surface area contributed by atoms with Crippen molar-refractivity contribution in [3.8, 4) is 0 Å². The smallest absolute Gasteiger partial charge is 0.0226 e. The molecule has 4 heteroatoms. The summed E-state index contributed by atoms with van der Waals surface area (Å²) in [6, 6.07) is 1.48. The third-order valence-corrected chi connectivity index (χ3v) is 5.93. The van der Waals surface area contributed by atoms with Crippen LogP contribution in [0.1, 0.15) is 45.4 Å². The zero-order valence-electron chi connectivity index (χ0n) is 13.2. The maximum absolute atomic E-state index is 6.00. The summed E-state index contributed by atoms with van der Waals surface area (Å²) in [6.45, 7) is 8.29. The standard InChI is InChI=1S/C16H33N3S/c1-2-20-13-8-16(14-17)19-11-6-15(7-12-19)18-9-4-3-5-10-18/h15-16H,2-14,17H2,1H3. The molecule has 118 valence electrons. The molecule has 2 aliphatic heterocycles. The molecule has 0 aromatic heterocycles. The Kier molecular flexibility index (Phi) is 7.71. The Bertz CT molecular complexity index is 248. The van der Waals surface area contributed by atoms with Crippen LogP contribution in [-0.2, 0) is 0 Å². The Morgan fingerprint density at radius 2 is 1.80 bits per heavy atom. The molecule has 0 aromatic carbocycles. The molecule has 0 bridgehead atoms. The van der Waals surface area contributed by atoms with E-state index in [0.29, 0.717) is 6.04 Å². The molecule has 20 heavy (non-hydrogen) atoms. The molecule has 1 unspecified atom stereocenters. The molecular weight excluding hydrogens is 266 g/mol. The molecule has 3 nitrogen and oxygen atoms in total. The lowest BCUT2D eigenvalue weighted by atomic mass is 9.98. The van der Waals surface area contributed by atoms with Crippen LogP contribution in [0.3, 0.4) is 0 Å². The van der Waals surface area contributed by atoms with Crippen molar-refractivity contribution in [2.75, 3.05) is 44.2 Å². The highest BCUT2D eigenvalue weighted by Crippen LogP contribution is 2.22. The maximum Gasteiger partial charge on any atom is 0.0226 e. The SMILES string of the molecule is CCSCCC(CN)N1CCC(N2CCCCC2)CC1. The molecule has 0 spiro atoms. The van der Waals surface area contributed by atoms with Gasteiger partial charge in [-0.05, 0) is 69.8 Å². The van der Waals surface area contributed by atoms with Crippen LogP contribution in [0.2, 0.25) is 0 Å². The number of likely N-dealkylation sites (tertiary alicyclic amines) is 2. The van der Waals surface area contributed by atoms with Crippen LogP contribution in [0.25, 0.3) is 0 Å². The molecule has 0 amide bonds. The molecule has 2 rings (SSSR count). The van der Waals surface area contributed by atoms with Crippen LogP contribution in [-0.4, -0.2) is 66.1 Å². The maximum atomic E-state index is 6.00. The minimum absolute atomic E-state index is 0.622. The summed E-state index contributed by atoms with van der Waals surface area (Å²) in [5.41, 5.74) is 6.00. The van der Waals surface area contributed by atoms with Crippen LogP contribution in [0.5, 0.6) is 0 Å². The van der Waals surface area contributed by atoms with Gasteiger partial charge in [-0.2, -0.15) is 11.8 Å². The van der Waals surface area contributed by atoms with E-state index in [0.717, 1.165) is 12.6 Å². The van der Waals surface area contributed by atoms with Crippen molar-refractivity contribution in [3.63, 3.8) is 0 Å². The van der Waals surface area contributed by atoms with Gasteiger partial charge in [0.2, 0.25) is 0 Å². The molecule has 2 N–H and O–H groups in total. The van der Waals surface area contributed by atoms with Crippen molar-refractivity contribution >= 4 is 11.8 Å². The first-order valence-electron chi connectivity index (χ1n) is 8.61. The minimum atomic E-state index is 0.622. The first kappa shape index (κ1) is 16.6. The molecule has 1 atom stereocenters. The van der Waals surface area contributed by atoms with Gasteiger partial charge in [0.15, 0.2) is 0 Å². The van der Waals surface area contributed by atoms with Gasteiger partial charge in [-0.15, -0.1) is 0 Å². The van der Waals surface area contributed by atoms with Crippen molar-refractivity contribution in [1.29, 1.82) is 0 Å². The number of hydrogen-bond acceptors (Lipinski definition) is 4. The largest absolute Gasteiger partial charge is 0.329 e. The first-order chi connectivity index (χ1) is 9.85. The minimum Gasteiger partial charge on any atom is -0.329 e. The second kappa shape index (κ2) is 9.29. The van der Waals surface area contributed by atoms with Gasteiger partial charge in [0.05, 0.1) is 0 Å². The zero-order chi connectivity index (χ0) is 14.2. The van der Waals surface area contributed by atoms with E-state index in [1.807, 2.05) is 11.8 Å². The quantitative estimate of drug-likeness (QED) is 0.732. The fraction of sp³-hybridized carbons (Fsp3) is 1.00. The van der Waals surface area contributed by atoms with E-state index >= 15 is 0 Å². The number of nitrogens with two attached hydrogens (primary N) is 1. The Hall–Kier alpha value is 0.230. The highest BCUT2D eigenvalue weighted by Gasteiger charge is 2.28. The molecule has 0 saturated carbocycles. The molecule has 2 fully saturated rings. The number of thioether (sulfide) groups is 1. The van der Waals surface area contributed by atoms with E-state index in [1.165, 1.54) is 76.2 Å². The Morgan fingerprint density at radius 1 is 1.10 bits per heavy atom. The predicted octanol–water partition coefficient (Wildman–Crippen LogP) is 2.41. The van der Waals surface area contributed by atoms with Gasteiger partial charge in [0.1, 0.15) is 0 Å². The fourth-order valence-corrected chi connectivity index (χ4v) is 4.44. The van der Waals surface area contributed by atoms with Crippen molar-refractivity contribution < 1.29 is 0 Å². The topological polar surface area (TPSA) is 32.5 Å². The summed E-state index contributed by atoms with van der Waals surface area (Å²) < 4.78 is 0. The Balaban J connectivity index is 1.71. The van der Waals surface area contributed by atoms with E-state index in [2.05, 4.69) is 16.7 Å². The van der Waals surface area contributed by atoms with Gasteiger partial charge >= 0.3 is 0 Å². The third kappa shape index (κ3) is 4.90. The number of hydrogen-bond donors (Lipinski definition) is 1. The van der Waals surface area contributed by atoms with Gasteiger partial charge in [0, 0.05) is 18.6 Å². The molecule has 2 aliphatic rings. The van der Waals surface area contributed by atoms with Crippen LogP contribution in [0, 0.1) is 0 Å². The molecule has 0 aliphatic carbocycles. The second-order valence-corrected chi connectivity index (χ2v) is 7.63. The van der Waals surface area contributed by atoms with Gasteiger partial charge in [0.25, 0.3) is 0 Å². The molecular formula is C16H33N3S. The summed E-state index contributed by atoms with van der Waals surface area (Å²) in [5, 5.41) is 0. The lowest BCUT2D eigenvalue weighted by Gasteiger charge is -2.42. The molecule has 2 saturated heterocycles. The van der Waals surface area contributed by atoms with E-state index in [-0.39, 0.29) is 0 Å². The van der Waals surface area contributed by atoms with Crippen molar-refractivity contribution in [2.45, 2.75) is 57.5 Å². The summed E-state index contributed by atoms with van der Waals surface area (Å²) in [5.74, 6) is 2.50. The van der Waals surface area contributed by atoms with Crippen LogP contribution >= 0.6 is 11.8 Å². The monoisotopic (exact) mass is 299 g/mol. The first-order valence-corrected chi connectivity index (χ1v) is 9.76. The summed E-state index contributed by atoms with van der Waals surface area (Å²) in [6.07, 6.45) is 8.26. The van der Waals surface area contributed by atoms with E-state index in [9.17, 15) is 0 Å². The van der Waals surface area contributed by atoms with Gasteiger partial charge in [-0.3, -0.25) is 4.90 Å². The summed E-state index contributed by atoms with van der Waals surface area (Å²) >= 11 is 2.05. The highest BCUT2D eigenvalue weighted by atomic mass is 32.2. The van der Waals surface area contributed by atoms with E-state index in [4.69, 9.17) is 5.73 Å². The second-order valence-electron chi connectivity index (χ2n) is 6.24. The molecule has 0 aromatic rings. The van der Waals surface area contributed by atoms with Gasteiger partial charge in [-0.25, -0.2) is 0 Å². The van der Waals surface area contributed by atoms with Crippen LogP contribution in [0.15, 0.2) is 0 Å². The van der Waals surface area contributed by atoms with E-state index < -0.39 is 0 Å². The number of rotatable bonds is 7. The van der Waals surface area contributed by atoms with Crippen molar-refractivity contribution in [1.82, 2.24) is 9.80 Å². The average Bonchev–Trinajstić information content (AvgIpc) is 2.53.